The zero-order valence-electron chi connectivity index (χ0n) is 25.3. The summed E-state index contributed by atoms with van der Waals surface area (Å²) in [6, 6.07) is 0. The number of quaternary nitrogens is 1. The van der Waals surface area contributed by atoms with Crippen LogP contribution in [-0.2, 0) is 32.7 Å². The van der Waals surface area contributed by atoms with Crippen LogP contribution in [0.1, 0.15) is 110 Å². The van der Waals surface area contributed by atoms with E-state index in [0.717, 1.165) is 70.6 Å². The number of carbonyl (C=O) groups is 2. The Morgan fingerprint density at radius 2 is 1.36 bits per heavy atom. The lowest BCUT2D eigenvalue weighted by molar-refractivity contribution is -0.870. The van der Waals surface area contributed by atoms with Crippen molar-refractivity contribution in [3.8, 4) is 0 Å². The number of ether oxygens (including phenoxy) is 2. The Bertz CT molecular complexity index is 708. The molecule has 2 unspecified atom stereocenters. The molecule has 230 valence electrons. The van der Waals surface area contributed by atoms with Crippen molar-refractivity contribution in [2.24, 2.45) is 0 Å². The number of hydrogen-bond donors (Lipinski definition) is 0. The van der Waals surface area contributed by atoms with E-state index in [-0.39, 0.29) is 26.1 Å². The van der Waals surface area contributed by atoms with Gasteiger partial charge >= 0.3 is 11.9 Å². The van der Waals surface area contributed by atoms with Crippen LogP contribution in [0.15, 0.2) is 12.2 Å². The fourth-order valence-corrected chi connectivity index (χ4v) is 4.32. The van der Waals surface area contributed by atoms with E-state index in [2.05, 4.69) is 26.0 Å². The number of nitrogens with zero attached hydrogens (tertiary/aromatic N) is 1. The number of phosphoric acid groups is 1. The Labute approximate surface area is 237 Å². The van der Waals surface area contributed by atoms with Gasteiger partial charge in [-0.05, 0) is 32.1 Å². The largest absolute Gasteiger partial charge is 0.756 e. The average molecular weight is 578 g/mol. The topological polar surface area (TPSA) is 111 Å². The van der Waals surface area contributed by atoms with E-state index in [9.17, 15) is 19.0 Å². The van der Waals surface area contributed by atoms with Crippen molar-refractivity contribution in [1.82, 2.24) is 0 Å². The number of allylic oxidation sites excluding steroid dienone is 2. The van der Waals surface area contributed by atoms with E-state index >= 15 is 0 Å². The monoisotopic (exact) mass is 577 g/mol. The van der Waals surface area contributed by atoms with Gasteiger partial charge in [-0.15, -0.1) is 0 Å². The minimum absolute atomic E-state index is 0.0310. The van der Waals surface area contributed by atoms with Crippen LogP contribution in [0.3, 0.4) is 0 Å². The zero-order valence-corrected chi connectivity index (χ0v) is 26.2. The van der Waals surface area contributed by atoms with Crippen LogP contribution in [0, 0.1) is 0 Å². The average Bonchev–Trinajstić information content (AvgIpc) is 2.85. The van der Waals surface area contributed by atoms with E-state index in [4.69, 9.17) is 18.5 Å². The molecular weight excluding hydrogens is 521 g/mol. The normalized spacial score (nSPS) is 14.3. The highest BCUT2D eigenvalue weighted by atomic mass is 31.2. The second-order valence-corrected chi connectivity index (χ2v) is 12.5. The quantitative estimate of drug-likeness (QED) is 0.0399. The van der Waals surface area contributed by atoms with Crippen LogP contribution in [0.2, 0.25) is 0 Å². The van der Waals surface area contributed by atoms with Gasteiger partial charge in [-0.1, -0.05) is 77.4 Å². The molecule has 0 radical (unpaired) electrons. The van der Waals surface area contributed by atoms with Gasteiger partial charge in [-0.2, -0.15) is 0 Å². The summed E-state index contributed by atoms with van der Waals surface area (Å²) in [6.07, 6.45) is 17.2. The molecule has 0 N–H and O–H groups in total. The lowest BCUT2D eigenvalue weighted by Crippen LogP contribution is -2.37. The van der Waals surface area contributed by atoms with Crippen molar-refractivity contribution in [2.45, 2.75) is 116 Å². The maximum atomic E-state index is 12.4. The van der Waals surface area contributed by atoms with Crippen molar-refractivity contribution in [3.63, 3.8) is 0 Å². The molecule has 0 aromatic heterocycles. The molecule has 0 bridgehead atoms. The van der Waals surface area contributed by atoms with Gasteiger partial charge in [0.05, 0.1) is 27.7 Å². The maximum Gasteiger partial charge on any atom is 0.306 e. The summed E-state index contributed by atoms with van der Waals surface area (Å²) in [4.78, 5) is 36.7. The van der Waals surface area contributed by atoms with Gasteiger partial charge in [0.2, 0.25) is 0 Å². The lowest BCUT2D eigenvalue weighted by Gasteiger charge is -2.28. The van der Waals surface area contributed by atoms with E-state index in [1.54, 1.807) is 0 Å². The fourth-order valence-electron chi connectivity index (χ4n) is 3.59. The van der Waals surface area contributed by atoms with E-state index in [0.29, 0.717) is 17.4 Å². The molecule has 39 heavy (non-hydrogen) atoms. The molecule has 0 aromatic carbocycles. The van der Waals surface area contributed by atoms with E-state index < -0.39 is 32.5 Å². The molecule has 0 aliphatic rings. The molecule has 0 fully saturated rings. The Balaban J connectivity index is 4.55. The van der Waals surface area contributed by atoms with E-state index in [1.807, 2.05) is 21.1 Å². The molecule has 2 atom stereocenters. The summed E-state index contributed by atoms with van der Waals surface area (Å²) in [5.41, 5.74) is 0. The molecule has 0 aliphatic carbocycles. The second-order valence-electron chi connectivity index (χ2n) is 11.1. The molecule has 0 amide bonds. The third-order valence-corrected chi connectivity index (χ3v) is 6.98. The summed E-state index contributed by atoms with van der Waals surface area (Å²) in [5, 5.41) is 0. The van der Waals surface area contributed by atoms with Crippen molar-refractivity contribution in [3.05, 3.63) is 12.2 Å². The third-order valence-electron chi connectivity index (χ3n) is 6.02. The van der Waals surface area contributed by atoms with Crippen LogP contribution in [0.5, 0.6) is 0 Å². The van der Waals surface area contributed by atoms with Crippen LogP contribution >= 0.6 is 7.82 Å². The van der Waals surface area contributed by atoms with E-state index in [1.165, 1.54) is 6.42 Å². The predicted molar refractivity (Wildman–Crippen MR) is 153 cm³/mol. The molecule has 0 aliphatic heterocycles. The van der Waals surface area contributed by atoms with Gasteiger partial charge in [0.25, 0.3) is 7.82 Å². The maximum absolute atomic E-state index is 12.4. The third kappa shape index (κ3) is 26.7. The highest BCUT2D eigenvalue weighted by molar-refractivity contribution is 7.45. The number of likely N-dealkylation sites (N-methyl/N-ethyl adjacent to an activating group) is 1. The smallest absolute Gasteiger partial charge is 0.306 e. The number of phosphoric ester groups is 1. The minimum Gasteiger partial charge on any atom is -0.756 e. The lowest BCUT2D eigenvalue weighted by atomic mass is 10.1. The van der Waals surface area contributed by atoms with Gasteiger partial charge in [-0.25, -0.2) is 0 Å². The standard InChI is InChI=1S/C29H56NO8P/c1-6-8-10-12-13-14-15-16-18-20-22-29(32)38-27(25-35-28(31)21-19-17-11-9-7-2)26-37-39(33,34)36-24-23-30(3,4)5/h10,12,27H,6-9,11,13-26H2,1-5H3/b12-10-. The Hall–Kier alpha value is -1.25. The highest BCUT2D eigenvalue weighted by Crippen LogP contribution is 2.38. The van der Waals surface area contributed by atoms with Crippen molar-refractivity contribution in [2.75, 3.05) is 47.5 Å². The molecule has 0 spiro atoms. The highest BCUT2D eigenvalue weighted by Gasteiger charge is 2.21. The minimum atomic E-state index is -4.59. The summed E-state index contributed by atoms with van der Waals surface area (Å²) in [7, 11) is 1.15. The molecule has 0 rings (SSSR count). The van der Waals surface area contributed by atoms with Gasteiger partial charge in [-0.3, -0.25) is 14.2 Å². The molecule has 0 heterocycles. The first kappa shape index (κ1) is 37.8. The van der Waals surface area contributed by atoms with Gasteiger partial charge in [0, 0.05) is 12.8 Å². The van der Waals surface area contributed by atoms with Gasteiger partial charge in [0.1, 0.15) is 19.8 Å². The molecular formula is C29H56NO8P. The van der Waals surface area contributed by atoms with Crippen molar-refractivity contribution >= 4 is 19.8 Å². The molecule has 9 nitrogen and oxygen atoms in total. The van der Waals surface area contributed by atoms with Gasteiger partial charge < -0.3 is 27.9 Å². The predicted octanol–water partition coefficient (Wildman–Crippen LogP) is 6.10. The van der Waals surface area contributed by atoms with Crippen LogP contribution in [0.4, 0.5) is 0 Å². The first-order valence-corrected chi connectivity index (χ1v) is 16.4. The Morgan fingerprint density at radius 3 is 2.00 bits per heavy atom. The molecule has 10 heteroatoms. The summed E-state index contributed by atoms with van der Waals surface area (Å²) < 4.78 is 33.3. The zero-order chi connectivity index (χ0) is 29.4. The first-order valence-electron chi connectivity index (χ1n) is 14.9. The van der Waals surface area contributed by atoms with Crippen LogP contribution in [-0.4, -0.2) is 70.0 Å². The number of rotatable bonds is 26. The number of unbranched alkanes of at least 4 members (excludes halogenated alkanes) is 10. The van der Waals surface area contributed by atoms with Gasteiger partial charge in [0.15, 0.2) is 6.10 Å². The molecule has 0 saturated carbocycles. The van der Waals surface area contributed by atoms with Crippen LogP contribution < -0.4 is 4.89 Å². The number of hydrogen-bond acceptors (Lipinski definition) is 8. The fraction of sp³-hybridized carbons (Fsp3) is 0.862. The van der Waals surface area contributed by atoms with Crippen LogP contribution in [0.25, 0.3) is 0 Å². The number of carbonyl (C=O) groups excluding carboxylic acids is 2. The summed E-state index contributed by atoms with van der Waals surface area (Å²) in [5.74, 6) is -0.866. The summed E-state index contributed by atoms with van der Waals surface area (Å²) in [6.45, 7) is 4.01. The second kappa shape index (κ2) is 23.5. The number of esters is 2. The molecule has 0 saturated heterocycles. The van der Waals surface area contributed by atoms with Crippen molar-refractivity contribution < 1.29 is 42.1 Å². The SMILES string of the molecule is CCC/C=C\CCCCCCCC(=O)OC(COC(=O)CCCCCCC)COP(=O)([O-])OCC[N+](C)(C)C. The Kier molecular flexibility index (Phi) is 22.7. The first-order chi connectivity index (χ1) is 18.5. The Morgan fingerprint density at radius 1 is 0.769 bits per heavy atom. The van der Waals surface area contributed by atoms with Crippen molar-refractivity contribution in [1.29, 1.82) is 0 Å². The summed E-state index contributed by atoms with van der Waals surface area (Å²) >= 11 is 0. The molecule has 0 aromatic rings.